The summed E-state index contributed by atoms with van der Waals surface area (Å²) in [6.45, 7) is 3.77. The van der Waals surface area contributed by atoms with Crippen molar-refractivity contribution in [3.05, 3.63) is 84.2 Å². The molecular weight excluding hydrogens is 368 g/mol. The molecule has 3 rings (SSSR count). The van der Waals surface area contributed by atoms with Gasteiger partial charge < -0.3 is 9.30 Å². The van der Waals surface area contributed by atoms with Gasteiger partial charge in [0.25, 0.3) is 0 Å². The molecule has 0 aliphatic heterocycles. The van der Waals surface area contributed by atoms with E-state index in [1.165, 1.54) is 11.3 Å². The summed E-state index contributed by atoms with van der Waals surface area (Å²) in [7, 11) is 2.38. The molecule has 2 unspecified atom stereocenters. The second-order valence-electron chi connectivity index (χ2n) is 6.73. The van der Waals surface area contributed by atoms with Crippen molar-refractivity contribution >= 4 is 16.7 Å². The van der Waals surface area contributed by atoms with E-state index in [1.807, 2.05) is 37.4 Å². The van der Waals surface area contributed by atoms with E-state index < -0.39 is 11.0 Å². The predicted molar refractivity (Wildman–Crippen MR) is 116 cm³/mol. The molecule has 0 saturated heterocycles. The largest absolute Gasteiger partial charge is 0.383 e. The molecule has 0 saturated carbocycles. The first-order chi connectivity index (χ1) is 13.7. The number of hydrogen-bond donors (Lipinski definition) is 0. The van der Waals surface area contributed by atoms with Gasteiger partial charge in [-0.25, -0.2) is 4.21 Å². The third-order valence-corrected chi connectivity index (χ3v) is 6.40. The second-order valence-corrected chi connectivity index (χ2v) is 8.25. The zero-order valence-corrected chi connectivity index (χ0v) is 17.6. The fourth-order valence-electron chi connectivity index (χ4n) is 3.46. The first-order valence-corrected chi connectivity index (χ1v) is 10.7. The highest BCUT2D eigenvalue weighted by molar-refractivity contribution is 7.86. The third kappa shape index (κ3) is 4.54. The molecule has 0 radical (unpaired) electrons. The van der Waals surface area contributed by atoms with Crippen molar-refractivity contribution in [1.29, 1.82) is 0 Å². The lowest BCUT2D eigenvalue weighted by molar-refractivity contribution is 0.186. The van der Waals surface area contributed by atoms with E-state index in [0.29, 0.717) is 12.5 Å². The smallest absolute Gasteiger partial charge is 0.152 e. The maximum atomic E-state index is 12.8. The van der Waals surface area contributed by atoms with Gasteiger partial charge in [0.05, 0.1) is 11.5 Å². The molecule has 0 fully saturated rings. The molecule has 2 aromatic carbocycles. The Bertz CT molecular complexity index is 890. The van der Waals surface area contributed by atoms with E-state index in [1.54, 1.807) is 11.4 Å². The summed E-state index contributed by atoms with van der Waals surface area (Å²) >= 11 is 0. The van der Waals surface area contributed by atoms with Crippen LogP contribution < -0.4 is 4.31 Å². The van der Waals surface area contributed by atoms with Gasteiger partial charge in [-0.15, -0.1) is 0 Å². The summed E-state index contributed by atoms with van der Waals surface area (Å²) in [5.74, 6) is 0.325. The van der Waals surface area contributed by atoms with E-state index >= 15 is 0 Å². The molecular formula is C23H28N2O2S. The van der Waals surface area contributed by atoms with Crippen molar-refractivity contribution in [2.75, 3.05) is 25.1 Å². The quantitative estimate of drug-likeness (QED) is 0.519. The zero-order valence-electron chi connectivity index (χ0n) is 16.7. The lowest BCUT2D eigenvalue weighted by Crippen LogP contribution is -2.20. The first-order valence-electron chi connectivity index (χ1n) is 9.60. The van der Waals surface area contributed by atoms with E-state index in [2.05, 4.69) is 54.1 Å². The molecule has 1 aromatic heterocycles. The van der Waals surface area contributed by atoms with E-state index in [0.717, 1.165) is 23.5 Å². The number of aromatic nitrogens is 1. The standard InChI is InChI=1S/C23H28N2O2S/c1-4-22(23-11-8-16-25(23)17-18-27-3)19-12-14-20(15-13-19)24(2)28(26)21-9-6-5-7-10-21/h5-16,22H,4,17-18H2,1-3H3. The van der Waals surface area contributed by atoms with Crippen LogP contribution in [0.1, 0.15) is 30.5 Å². The number of anilines is 1. The minimum atomic E-state index is -1.22. The maximum absolute atomic E-state index is 12.8. The van der Waals surface area contributed by atoms with Crippen molar-refractivity contribution in [1.82, 2.24) is 4.57 Å². The summed E-state index contributed by atoms with van der Waals surface area (Å²) in [4.78, 5) is 0.802. The van der Waals surface area contributed by atoms with Gasteiger partial charge in [0, 0.05) is 44.2 Å². The molecule has 3 aromatic rings. The van der Waals surface area contributed by atoms with Crippen molar-refractivity contribution in [3.8, 4) is 0 Å². The number of ether oxygens (including phenoxy) is 1. The zero-order chi connectivity index (χ0) is 19.9. The molecule has 1 heterocycles. The summed E-state index contributed by atoms with van der Waals surface area (Å²) < 4.78 is 22.1. The van der Waals surface area contributed by atoms with Crippen molar-refractivity contribution in [2.24, 2.45) is 0 Å². The summed E-state index contributed by atoms with van der Waals surface area (Å²) in [6.07, 6.45) is 3.13. The lowest BCUT2D eigenvalue weighted by Gasteiger charge is -2.21. The molecule has 28 heavy (non-hydrogen) atoms. The van der Waals surface area contributed by atoms with Crippen LogP contribution in [0.25, 0.3) is 0 Å². The Labute approximate surface area is 170 Å². The molecule has 0 spiro atoms. The average molecular weight is 397 g/mol. The van der Waals surface area contributed by atoms with Crippen LogP contribution in [0.2, 0.25) is 0 Å². The van der Waals surface area contributed by atoms with Gasteiger partial charge in [0.2, 0.25) is 0 Å². The van der Waals surface area contributed by atoms with E-state index in [-0.39, 0.29) is 0 Å². The van der Waals surface area contributed by atoms with Crippen molar-refractivity contribution < 1.29 is 8.95 Å². The van der Waals surface area contributed by atoms with Crippen LogP contribution in [0.4, 0.5) is 5.69 Å². The molecule has 0 aliphatic rings. The highest BCUT2D eigenvalue weighted by Gasteiger charge is 2.17. The van der Waals surface area contributed by atoms with Crippen molar-refractivity contribution in [3.63, 3.8) is 0 Å². The number of hydrogen-bond acceptors (Lipinski definition) is 2. The number of rotatable bonds is 9. The minimum absolute atomic E-state index is 0.325. The average Bonchev–Trinajstić information content (AvgIpc) is 3.21. The van der Waals surface area contributed by atoms with Gasteiger partial charge in [0.1, 0.15) is 0 Å². The predicted octanol–water partition coefficient (Wildman–Crippen LogP) is 4.84. The Kier molecular flexibility index (Phi) is 7.06. The highest BCUT2D eigenvalue weighted by atomic mass is 32.2. The van der Waals surface area contributed by atoms with Gasteiger partial charge in [-0.1, -0.05) is 37.3 Å². The third-order valence-electron chi connectivity index (χ3n) is 5.02. The minimum Gasteiger partial charge on any atom is -0.383 e. The molecule has 5 heteroatoms. The Hall–Kier alpha value is -2.37. The number of nitrogens with zero attached hydrogens (tertiary/aromatic N) is 2. The van der Waals surface area contributed by atoms with Gasteiger partial charge in [-0.05, 0) is 48.4 Å². The van der Waals surface area contributed by atoms with Gasteiger partial charge in [-0.2, -0.15) is 0 Å². The summed E-state index contributed by atoms with van der Waals surface area (Å²) in [6, 6.07) is 22.2. The van der Waals surface area contributed by atoms with Gasteiger partial charge in [0.15, 0.2) is 11.0 Å². The molecule has 0 aliphatic carbocycles. The Morgan fingerprint density at radius 2 is 1.75 bits per heavy atom. The number of methoxy groups -OCH3 is 1. The molecule has 4 nitrogen and oxygen atoms in total. The fraction of sp³-hybridized carbons (Fsp3) is 0.304. The van der Waals surface area contributed by atoms with E-state index in [4.69, 9.17) is 4.74 Å². The normalized spacial score (nSPS) is 13.2. The Balaban J connectivity index is 1.79. The fourth-order valence-corrected chi connectivity index (χ4v) is 4.48. The molecule has 0 N–H and O–H groups in total. The molecule has 0 amide bonds. The monoisotopic (exact) mass is 396 g/mol. The second kappa shape index (κ2) is 9.71. The van der Waals surface area contributed by atoms with Crippen LogP contribution in [0.5, 0.6) is 0 Å². The van der Waals surface area contributed by atoms with E-state index in [9.17, 15) is 4.21 Å². The van der Waals surface area contributed by atoms with Crippen molar-refractivity contribution in [2.45, 2.75) is 30.7 Å². The highest BCUT2D eigenvalue weighted by Crippen LogP contribution is 2.30. The maximum Gasteiger partial charge on any atom is 0.152 e. The first kappa shape index (κ1) is 20.4. The van der Waals surface area contributed by atoms with Crippen LogP contribution in [0, 0.1) is 0 Å². The van der Waals surface area contributed by atoms with Crippen LogP contribution in [0.15, 0.2) is 77.8 Å². The summed E-state index contributed by atoms with van der Waals surface area (Å²) in [5.41, 5.74) is 3.51. The van der Waals surface area contributed by atoms with Crippen LogP contribution >= 0.6 is 0 Å². The molecule has 148 valence electrons. The molecule has 2 atom stereocenters. The topological polar surface area (TPSA) is 34.5 Å². The molecule has 0 bridgehead atoms. The van der Waals surface area contributed by atoms with Crippen LogP contribution in [0.3, 0.4) is 0 Å². The number of benzene rings is 2. The van der Waals surface area contributed by atoms with Crippen LogP contribution in [-0.2, 0) is 22.3 Å². The summed E-state index contributed by atoms with van der Waals surface area (Å²) in [5, 5.41) is 0. The Morgan fingerprint density at radius 1 is 1.04 bits per heavy atom. The lowest BCUT2D eigenvalue weighted by atomic mass is 9.93. The SMILES string of the molecule is CCC(c1ccc(N(C)S(=O)c2ccccc2)cc1)c1cccn1CCOC. The van der Waals surface area contributed by atoms with Gasteiger partial charge >= 0.3 is 0 Å². The van der Waals surface area contributed by atoms with Gasteiger partial charge in [-0.3, -0.25) is 4.31 Å². The van der Waals surface area contributed by atoms with Crippen LogP contribution in [-0.4, -0.2) is 29.5 Å². The Morgan fingerprint density at radius 3 is 2.39 bits per heavy atom.